The van der Waals surface area contributed by atoms with Crippen molar-refractivity contribution in [2.24, 2.45) is 5.73 Å². The zero-order chi connectivity index (χ0) is 14.0. The third-order valence-electron chi connectivity index (χ3n) is 2.79. The van der Waals surface area contributed by atoms with Gasteiger partial charge in [-0.3, -0.25) is 4.79 Å². The van der Waals surface area contributed by atoms with Crippen molar-refractivity contribution in [2.75, 3.05) is 7.11 Å². The third-order valence-corrected chi connectivity index (χ3v) is 2.79. The topological polar surface area (TPSA) is 103 Å². The molecule has 6 heteroatoms. The van der Waals surface area contributed by atoms with Gasteiger partial charge in [0, 0.05) is 17.5 Å². The van der Waals surface area contributed by atoms with Crippen LogP contribution in [0.1, 0.15) is 5.56 Å². The highest BCUT2D eigenvalue weighted by Gasteiger charge is 2.15. The molecule has 1 aromatic carbocycles. The van der Waals surface area contributed by atoms with Gasteiger partial charge in [0.2, 0.25) is 0 Å². The summed E-state index contributed by atoms with van der Waals surface area (Å²) < 4.78 is 10.1. The minimum atomic E-state index is -1.12. The molecule has 1 atom stereocenters. The molecule has 6 nitrogen and oxygen atoms in total. The van der Waals surface area contributed by atoms with Crippen LogP contribution in [0, 0.1) is 0 Å². The van der Waals surface area contributed by atoms with E-state index in [9.17, 15) is 9.59 Å². The maximum Gasteiger partial charge on any atom is 0.336 e. The lowest BCUT2D eigenvalue weighted by molar-refractivity contribution is -0.138. The molecule has 2 rings (SSSR count). The molecule has 1 heterocycles. The number of ether oxygens (including phenoxy) is 1. The molecule has 0 fully saturated rings. The van der Waals surface area contributed by atoms with Crippen LogP contribution in [0.25, 0.3) is 11.0 Å². The Bertz CT molecular complexity index is 676. The maximum absolute atomic E-state index is 11.5. The number of nitrogens with two attached hydrogens (primary N) is 1. The average Bonchev–Trinajstić information content (AvgIpc) is 2.37. The van der Waals surface area contributed by atoms with Crippen LogP contribution < -0.4 is 16.1 Å². The number of fused-ring (bicyclic) bond motifs is 1. The normalized spacial score (nSPS) is 12.3. The van der Waals surface area contributed by atoms with Gasteiger partial charge in [0.05, 0.1) is 7.11 Å². The number of carboxylic acid groups (broad SMARTS) is 1. The molecule has 1 aromatic heterocycles. The Morgan fingerprint density at radius 3 is 2.84 bits per heavy atom. The Hall–Kier alpha value is -2.34. The van der Waals surface area contributed by atoms with Crippen LogP contribution >= 0.6 is 0 Å². The SMILES string of the molecule is COc1ccc2c(C[C@@H](N)C(=O)O)cc(=O)oc2c1. The Kier molecular flexibility index (Phi) is 3.52. The van der Waals surface area contributed by atoms with Crippen molar-refractivity contribution in [3.05, 3.63) is 40.2 Å². The number of carbonyl (C=O) groups is 1. The molecule has 0 aliphatic carbocycles. The van der Waals surface area contributed by atoms with Crippen LogP contribution in [-0.4, -0.2) is 24.2 Å². The highest BCUT2D eigenvalue weighted by molar-refractivity contribution is 5.83. The number of hydrogen-bond donors (Lipinski definition) is 2. The lowest BCUT2D eigenvalue weighted by Gasteiger charge is -2.09. The van der Waals surface area contributed by atoms with Gasteiger partial charge in [-0.15, -0.1) is 0 Å². The lowest BCUT2D eigenvalue weighted by Crippen LogP contribution is -2.32. The zero-order valence-corrected chi connectivity index (χ0v) is 10.3. The minimum absolute atomic E-state index is 0.0593. The van der Waals surface area contributed by atoms with Crippen molar-refractivity contribution in [2.45, 2.75) is 12.5 Å². The van der Waals surface area contributed by atoms with Crippen LogP contribution in [0.3, 0.4) is 0 Å². The predicted octanol–water partition coefficient (Wildman–Crippen LogP) is 0.756. The summed E-state index contributed by atoms with van der Waals surface area (Å²) in [6.45, 7) is 0. The molecule has 0 saturated carbocycles. The Morgan fingerprint density at radius 1 is 1.47 bits per heavy atom. The number of rotatable bonds is 4. The van der Waals surface area contributed by atoms with Gasteiger partial charge in [-0.2, -0.15) is 0 Å². The number of hydrogen-bond acceptors (Lipinski definition) is 5. The van der Waals surface area contributed by atoms with Crippen LogP contribution in [0.2, 0.25) is 0 Å². The van der Waals surface area contributed by atoms with Crippen molar-refractivity contribution in [3.63, 3.8) is 0 Å². The van der Waals surface area contributed by atoms with E-state index in [4.69, 9.17) is 20.0 Å². The monoisotopic (exact) mass is 263 g/mol. The van der Waals surface area contributed by atoms with E-state index in [0.717, 1.165) is 0 Å². The second kappa shape index (κ2) is 5.11. The van der Waals surface area contributed by atoms with Crippen molar-refractivity contribution < 1.29 is 19.1 Å². The fraction of sp³-hybridized carbons (Fsp3) is 0.231. The molecular weight excluding hydrogens is 250 g/mol. The van der Waals surface area contributed by atoms with E-state index in [1.54, 1.807) is 18.2 Å². The number of carboxylic acids is 1. The van der Waals surface area contributed by atoms with Gasteiger partial charge in [0.25, 0.3) is 0 Å². The molecule has 0 aliphatic heterocycles. The second-order valence-electron chi connectivity index (χ2n) is 4.10. The molecule has 0 bridgehead atoms. The highest BCUT2D eigenvalue weighted by Crippen LogP contribution is 2.23. The van der Waals surface area contributed by atoms with E-state index in [1.165, 1.54) is 13.2 Å². The van der Waals surface area contributed by atoms with E-state index in [0.29, 0.717) is 22.3 Å². The molecule has 0 unspecified atom stereocenters. The quantitative estimate of drug-likeness (QED) is 0.789. The van der Waals surface area contributed by atoms with Gasteiger partial charge in [0.1, 0.15) is 17.4 Å². The molecule has 0 saturated heterocycles. The van der Waals surface area contributed by atoms with Crippen LogP contribution in [0.15, 0.2) is 33.5 Å². The molecule has 2 aromatic rings. The summed E-state index contributed by atoms with van der Waals surface area (Å²) in [4.78, 5) is 22.2. The Balaban J connectivity index is 2.54. The number of aliphatic carboxylic acids is 1. The van der Waals surface area contributed by atoms with Crippen LogP contribution in [0.5, 0.6) is 5.75 Å². The molecule has 0 spiro atoms. The van der Waals surface area contributed by atoms with E-state index in [-0.39, 0.29) is 6.42 Å². The molecular formula is C13H13NO5. The highest BCUT2D eigenvalue weighted by atomic mass is 16.5. The van der Waals surface area contributed by atoms with Crippen molar-refractivity contribution in [3.8, 4) is 5.75 Å². The predicted molar refractivity (Wildman–Crippen MR) is 68.4 cm³/mol. The summed E-state index contributed by atoms with van der Waals surface area (Å²) in [5.41, 5.74) is 5.83. The van der Waals surface area contributed by atoms with E-state index in [2.05, 4.69) is 0 Å². The number of benzene rings is 1. The Labute approximate surface area is 108 Å². The average molecular weight is 263 g/mol. The molecule has 0 aliphatic rings. The molecule has 0 amide bonds. The lowest BCUT2D eigenvalue weighted by atomic mass is 10.0. The molecule has 100 valence electrons. The summed E-state index contributed by atoms with van der Waals surface area (Å²) >= 11 is 0. The van der Waals surface area contributed by atoms with Crippen LogP contribution in [-0.2, 0) is 11.2 Å². The first-order chi connectivity index (χ1) is 9.01. The van der Waals surface area contributed by atoms with Crippen molar-refractivity contribution in [1.82, 2.24) is 0 Å². The van der Waals surface area contributed by atoms with E-state index < -0.39 is 17.6 Å². The summed E-state index contributed by atoms with van der Waals surface area (Å²) in [6.07, 6.45) is 0.0593. The first kappa shape index (κ1) is 13.1. The molecule has 0 radical (unpaired) electrons. The summed E-state index contributed by atoms with van der Waals surface area (Å²) in [5, 5.41) is 9.47. The van der Waals surface area contributed by atoms with Gasteiger partial charge in [-0.05, 0) is 24.1 Å². The Morgan fingerprint density at radius 2 is 2.21 bits per heavy atom. The maximum atomic E-state index is 11.5. The third kappa shape index (κ3) is 2.74. The van der Waals surface area contributed by atoms with Crippen LogP contribution in [0.4, 0.5) is 0 Å². The van der Waals surface area contributed by atoms with Gasteiger partial charge in [-0.1, -0.05) is 0 Å². The fourth-order valence-electron chi connectivity index (χ4n) is 1.83. The zero-order valence-electron chi connectivity index (χ0n) is 10.3. The first-order valence-corrected chi connectivity index (χ1v) is 5.60. The van der Waals surface area contributed by atoms with Gasteiger partial charge >= 0.3 is 11.6 Å². The van der Waals surface area contributed by atoms with E-state index >= 15 is 0 Å². The largest absolute Gasteiger partial charge is 0.497 e. The van der Waals surface area contributed by atoms with Gasteiger partial charge in [0.15, 0.2) is 0 Å². The number of methoxy groups -OCH3 is 1. The smallest absolute Gasteiger partial charge is 0.336 e. The minimum Gasteiger partial charge on any atom is -0.497 e. The van der Waals surface area contributed by atoms with Crippen molar-refractivity contribution in [1.29, 1.82) is 0 Å². The van der Waals surface area contributed by atoms with Gasteiger partial charge in [-0.25, -0.2) is 4.79 Å². The van der Waals surface area contributed by atoms with Crippen molar-refractivity contribution >= 4 is 16.9 Å². The van der Waals surface area contributed by atoms with E-state index in [1.807, 2.05) is 0 Å². The second-order valence-corrected chi connectivity index (χ2v) is 4.10. The fourth-order valence-corrected chi connectivity index (χ4v) is 1.83. The summed E-state index contributed by atoms with van der Waals surface area (Å²) in [5.74, 6) is -0.565. The summed E-state index contributed by atoms with van der Waals surface area (Å²) in [7, 11) is 1.50. The molecule has 3 N–H and O–H groups in total. The standard InChI is InChI=1S/C13H13NO5/c1-18-8-2-3-9-7(4-10(14)13(16)17)5-12(15)19-11(9)6-8/h2-3,5-6,10H,4,14H2,1H3,(H,16,17)/t10-/m1/s1. The van der Waals surface area contributed by atoms with Gasteiger partial charge < -0.3 is 20.0 Å². The molecule has 19 heavy (non-hydrogen) atoms. The first-order valence-electron chi connectivity index (χ1n) is 5.60. The summed E-state index contributed by atoms with van der Waals surface area (Å²) in [6, 6.07) is 5.19.